The van der Waals surface area contributed by atoms with Crippen LogP contribution in [0.5, 0.6) is 0 Å². The molecule has 15 heavy (non-hydrogen) atoms. The van der Waals surface area contributed by atoms with Crippen LogP contribution in [0.15, 0.2) is 23.1 Å². The largest absolute Gasteiger partial charge is 0.377 e. The Balaban J connectivity index is 3.55. The third-order valence-corrected chi connectivity index (χ3v) is 3.26. The van der Waals surface area contributed by atoms with Crippen molar-refractivity contribution in [3.8, 4) is 0 Å². The summed E-state index contributed by atoms with van der Waals surface area (Å²) in [6, 6.07) is 5.37. The van der Waals surface area contributed by atoms with Gasteiger partial charge in [-0.05, 0) is 18.1 Å². The van der Waals surface area contributed by atoms with Crippen molar-refractivity contribution in [2.45, 2.75) is 18.2 Å². The molecule has 0 aliphatic heterocycles. The predicted octanol–water partition coefficient (Wildman–Crippen LogP) is 0.962. The lowest BCUT2D eigenvalue weighted by atomic mass is 10.1. The van der Waals surface area contributed by atoms with Gasteiger partial charge in [-0.2, -0.15) is 0 Å². The van der Waals surface area contributed by atoms with Crippen molar-refractivity contribution in [3.63, 3.8) is 0 Å². The minimum Gasteiger partial charge on any atom is -0.377 e. The first-order valence-corrected chi connectivity index (χ1v) is 6.24. The smallest absolute Gasteiger partial charge is 0.240 e. The number of primary sulfonamides is 1. The maximum atomic E-state index is 11.5. The maximum absolute atomic E-state index is 11.5. The zero-order valence-electron chi connectivity index (χ0n) is 9.19. The Kier molecular flexibility index (Phi) is 3.36. The van der Waals surface area contributed by atoms with E-state index in [1.54, 1.807) is 31.1 Å². The summed E-state index contributed by atoms with van der Waals surface area (Å²) in [4.78, 5) is 1.98. The van der Waals surface area contributed by atoms with Crippen LogP contribution < -0.4 is 10.0 Å². The molecule has 0 aliphatic rings. The van der Waals surface area contributed by atoms with Crippen LogP contribution in [0.2, 0.25) is 0 Å². The first-order chi connectivity index (χ1) is 6.88. The van der Waals surface area contributed by atoms with Crippen molar-refractivity contribution in [1.29, 1.82) is 0 Å². The molecule has 0 aliphatic carbocycles. The average molecular weight is 228 g/mol. The van der Waals surface area contributed by atoms with Crippen molar-refractivity contribution in [2.75, 3.05) is 19.0 Å². The highest BCUT2D eigenvalue weighted by atomic mass is 32.2. The van der Waals surface area contributed by atoms with Crippen LogP contribution >= 0.6 is 0 Å². The van der Waals surface area contributed by atoms with E-state index in [1.165, 1.54) is 0 Å². The van der Waals surface area contributed by atoms with Gasteiger partial charge in [-0.3, -0.25) is 0 Å². The number of nitrogens with zero attached hydrogens (tertiary/aromatic N) is 1. The van der Waals surface area contributed by atoms with Gasteiger partial charge in [0.2, 0.25) is 10.0 Å². The first-order valence-electron chi connectivity index (χ1n) is 4.70. The highest BCUT2D eigenvalue weighted by Gasteiger charge is 2.18. The maximum Gasteiger partial charge on any atom is 0.240 e. The summed E-state index contributed by atoms with van der Waals surface area (Å²) in [7, 11) is -0.0727. The summed E-state index contributed by atoms with van der Waals surface area (Å²) in [5, 5.41) is 5.22. The molecule has 1 rings (SSSR count). The molecule has 4 nitrogen and oxygen atoms in total. The van der Waals surface area contributed by atoms with E-state index in [0.29, 0.717) is 12.1 Å². The Bertz CT molecular complexity index is 452. The van der Waals surface area contributed by atoms with Gasteiger partial charge in [0, 0.05) is 14.1 Å². The number of hydrogen-bond acceptors (Lipinski definition) is 3. The molecule has 2 N–H and O–H groups in total. The van der Waals surface area contributed by atoms with E-state index in [1.807, 2.05) is 13.0 Å². The van der Waals surface area contributed by atoms with Crippen molar-refractivity contribution in [1.82, 2.24) is 0 Å². The summed E-state index contributed by atoms with van der Waals surface area (Å²) in [5.74, 6) is 0. The zero-order chi connectivity index (χ0) is 11.6. The number of hydrogen-bond donors (Lipinski definition) is 1. The number of sulfonamides is 1. The molecule has 0 amide bonds. The van der Waals surface area contributed by atoms with Gasteiger partial charge in [0.05, 0.1) is 5.69 Å². The van der Waals surface area contributed by atoms with Gasteiger partial charge in [-0.1, -0.05) is 19.1 Å². The second-order valence-electron chi connectivity index (χ2n) is 3.56. The Morgan fingerprint density at radius 2 is 1.93 bits per heavy atom. The highest BCUT2D eigenvalue weighted by molar-refractivity contribution is 7.89. The molecule has 0 fully saturated rings. The lowest BCUT2D eigenvalue weighted by Crippen LogP contribution is -2.20. The predicted molar refractivity (Wildman–Crippen MR) is 61.5 cm³/mol. The van der Waals surface area contributed by atoms with Crippen molar-refractivity contribution in [2.24, 2.45) is 5.14 Å². The molecule has 0 aromatic heterocycles. The third kappa shape index (κ3) is 2.49. The summed E-state index contributed by atoms with van der Waals surface area (Å²) in [6.07, 6.45) is 0.646. The summed E-state index contributed by atoms with van der Waals surface area (Å²) in [6.45, 7) is 1.91. The van der Waals surface area contributed by atoms with Crippen molar-refractivity contribution >= 4 is 15.7 Å². The van der Waals surface area contributed by atoms with Gasteiger partial charge in [0.15, 0.2) is 0 Å². The van der Waals surface area contributed by atoms with E-state index in [4.69, 9.17) is 5.14 Å². The molecule has 0 heterocycles. The van der Waals surface area contributed by atoms with Gasteiger partial charge in [-0.15, -0.1) is 0 Å². The van der Waals surface area contributed by atoms with Crippen LogP contribution in [0.25, 0.3) is 0 Å². The molecule has 1 aromatic rings. The van der Waals surface area contributed by atoms with E-state index >= 15 is 0 Å². The fourth-order valence-corrected chi connectivity index (χ4v) is 2.65. The Morgan fingerprint density at radius 1 is 1.33 bits per heavy atom. The van der Waals surface area contributed by atoms with Crippen molar-refractivity contribution in [3.05, 3.63) is 23.8 Å². The van der Waals surface area contributed by atoms with Gasteiger partial charge in [0.1, 0.15) is 4.90 Å². The molecular formula is C10H16N2O2S. The molecule has 0 unspecified atom stereocenters. The second-order valence-corrected chi connectivity index (χ2v) is 5.06. The summed E-state index contributed by atoms with van der Waals surface area (Å²) < 4.78 is 23.0. The van der Waals surface area contributed by atoms with E-state index in [9.17, 15) is 8.42 Å². The SMILES string of the molecule is CCc1cccc(N(C)C)c1S(N)(=O)=O. The van der Waals surface area contributed by atoms with E-state index < -0.39 is 10.0 Å². The minimum absolute atomic E-state index is 0.234. The standard InChI is InChI=1S/C10H16N2O2S/c1-4-8-6-5-7-9(12(2)3)10(8)15(11,13)14/h5-7H,4H2,1-3H3,(H2,11,13,14). The monoisotopic (exact) mass is 228 g/mol. The molecule has 84 valence electrons. The molecule has 1 aromatic carbocycles. The number of rotatable bonds is 3. The fraction of sp³-hybridized carbons (Fsp3) is 0.400. The topological polar surface area (TPSA) is 63.4 Å². The van der Waals surface area contributed by atoms with Gasteiger partial charge >= 0.3 is 0 Å². The lowest BCUT2D eigenvalue weighted by molar-refractivity contribution is 0.596. The highest BCUT2D eigenvalue weighted by Crippen LogP contribution is 2.26. The zero-order valence-corrected chi connectivity index (χ0v) is 10.0. The number of nitrogens with two attached hydrogens (primary N) is 1. The van der Waals surface area contributed by atoms with Crippen LogP contribution in [-0.4, -0.2) is 22.5 Å². The Morgan fingerprint density at radius 3 is 2.33 bits per heavy atom. The Labute approximate surface area is 90.8 Å². The quantitative estimate of drug-likeness (QED) is 0.838. The number of anilines is 1. The average Bonchev–Trinajstić information content (AvgIpc) is 2.15. The van der Waals surface area contributed by atoms with Crippen LogP contribution in [-0.2, 0) is 16.4 Å². The molecular weight excluding hydrogens is 212 g/mol. The molecule has 0 radical (unpaired) electrons. The minimum atomic E-state index is -3.66. The molecule has 0 bridgehead atoms. The number of aryl methyl sites for hydroxylation is 1. The molecule has 0 saturated carbocycles. The summed E-state index contributed by atoms with van der Waals surface area (Å²) in [5.41, 5.74) is 1.39. The van der Waals surface area contributed by atoms with Crippen LogP contribution in [0.4, 0.5) is 5.69 Å². The van der Waals surface area contributed by atoms with Crippen LogP contribution in [0.1, 0.15) is 12.5 Å². The molecule has 0 spiro atoms. The van der Waals surface area contributed by atoms with E-state index in [-0.39, 0.29) is 4.90 Å². The summed E-state index contributed by atoms with van der Waals surface area (Å²) >= 11 is 0. The Hall–Kier alpha value is -1.07. The number of benzene rings is 1. The van der Waals surface area contributed by atoms with Gasteiger partial charge in [-0.25, -0.2) is 13.6 Å². The van der Waals surface area contributed by atoms with Crippen molar-refractivity contribution < 1.29 is 8.42 Å². The molecule has 0 saturated heterocycles. The van der Waals surface area contributed by atoms with Gasteiger partial charge < -0.3 is 4.90 Å². The van der Waals surface area contributed by atoms with E-state index in [2.05, 4.69) is 0 Å². The van der Waals surface area contributed by atoms with Crippen LogP contribution in [0.3, 0.4) is 0 Å². The molecule has 5 heteroatoms. The first kappa shape index (κ1) is 12.0. The second kappa shape index (κ2) is 4.20. The molecule has 0 atom stereocenters. The van der Waals surface area contributed by atoms with E-state index in [0.717, 1.165) is 5.56 Å². The lowest BCUT2D eigenvalue weighted by Gasteiger charge is -2.18. The van der Waals surface area contributed by atoms with Crippen LogP contribution in [0, 0.1) is 0 Å². The van der Waals surface area contributed by atoms with Gasteiger partial charge in [0.25, 0.3) is 0 Å². The normalized spacial score (nSPS) is 11.5. The fourth-order valence-electron chi connectivity index (χ4n) is 1.53. The third-order valence-electron chi connectivity index (χ3n) is 2.22.